The maximum atomic E-state index is 12.3. The predicted octanol–water partition coefficient (Wildman–Crippen LogP) is 3.90. The molecule has 0 radical (unpaired) electrons. The van der Waals surface area contributed by atoms with Gasteiger partial charge in [-0.2, -0.15) is 9.97 Å². The van der Waals surface area contributed by atoms with E-state index in [1.54, 1.807) is 6.33 Å². The van der Waals surface area contributed by atoms with Gasteiger partial charge in [-0.05, 0) is 18.8 Å². The van der Waals surface area contributed by atoms with E-state index in [1.165, 1.54) is 0 Å². The van der Waals surface area contributed by atoms with Crippen molar-refractivity contribution in [1.82, 2.24) is 19.5 Å². The number of nitrogen functional groups attached to an aromatic ring is 1. The number of fused-ring (bicyclic) bond motifs is 1. The molecular formula is C16H23ClN5O2P. The van der Waals surface area contributed by atoms with Crippen LogP contribution < -0.4 is 5.73 Å². The van der Waals surface area contributed by atoms with Crippen molar-refractivity contribution in [3.63, 3.8) is 0 Å². The number of allylic oxidation sites excluding steroid dienone is 2. The van der Waals surface area contributed by atoms with Crippen molar-refractivity contribution in [2.45, 2.75) is 32.7 Å². The summed E-state index contributed by atoms with van der Waals surface area (Å²) < 4.78 is 19.9. The van der Waals surface area contributed by atoms with Gasteiger partial charge in [0.15, 0.2) is 10.8 Å². The van der Waals surface area contributed by atoms with E-state index in [-0.39, 0.29) is 17.1 Å². The molecule has 0 spiro atoms. The number of aromatic nitrogens is 4. The standard InChI is InChI=1S/C16H23ClN5O2P/c1-3-25(23,4-2)24-8-7-11-5-6-12(9-11)22-10-19-13-14(17)20-16(18)21-15(13)22/h5-6,10-12H,3-4,7-9H2,1-2H3,(H2,18,20,21). The zero-order valence-electron chi connectivity index (χ0n) is 14.4. The second kappa shape index (κ2) is 7.44. The molecule has 2 heterocycles. The molecule has 0 saturated heterocycles. The number of hydrogen-bond donors (Lipinski definition) is 1. The molecule has 7 nitrogen and oxygen atoms in total. The molecule has 0 fully saturated rings. The number of nitrogens with zero attached hydrogens (tertiary/aromatic N) is 4. The quantitative estimate of drug-likeness (QED) is 0.442. The van der Waals surface area contributed by atoms with E-state index >= 15 is 0 Å². The third-order valence-corrected chi connectivity index (χ3v) is 7.53. The Bertz CT molecular complexity index is 829. The molecule has 2 N–H and O–H groups in total. The molecule has 9 heteroatoms. The summed E-state index contributed by atoms with van der Waals surface area (Å²) in [5.41, 5.74) is 6.90. The van der Waals surface area contributed by atoms with Crippen molar-refractivity contribution in [1.29, 1.82) is 0 Å². The summed E-state index contributed by atoms with van der Waals surface area (Å²) in [6.07, 6.45) is 8.98. The second-order valence-electron chi connectivity index (χ2n) is 6.21. The summed E-state index contributed by atoms with van der Waals surface area (Å²) in [5, 5.41) is 0.267. The van der Waals surface area contributed by atoms with Gasteiger partial charge in [-0.3, -0.25) is 4.57 Å². The fraction of sp³-hybridized carbons (Fsp3) is 0.562. The number of halogens is 1. The first-order chi connectivity index (χ1) is 12.0. The summed E-state index contributed by atoms with van der Waals surface area (Å²) in [5.74, 6) is 0.514. The highest BCUT2D eigenvalue weighted by atomic mass is 35.5. The van der Waals surface area contributed by atoms with Crippen LogP contribution in [0.1, 0.15) is 32.7 Å². The van der Waals surface area contributed by atoms with E-state index in [9.17, 15) is 4.57 Å². The highest BCUT2D eigenvalue weighted by Crippen LogP contribution is 2.46. The number of anilines is 1. The van der Waals surface area contributed by atoms with E-state index in [4.69, 9.17) is 21.9 Å². The Morgan fingerprint density at radius 3 is 2.84 bits per heavy atom. The van der Waals surface area contributed by atoms with Crippen LogP contribution in [0.15, 0.2) is 18.5 Å². The zero-order valence-corrected chi connectivity index (χ0v) is 16.1. The van der Waals surface area contributed by atoms with Gasteiger partial charge in [0.2, 0.25) is 13.3 Å². The van der Waals surface area contributed by atoms with Crippen LogP contribution in [0.5, 0.6) is 0 Å². The Hall–Kier alpha value is -1.43. The van der Waals surface area contributed by atoms with Gasteiger partial charge in [-0.15, -0.1) is 0 Å². The molecule has 0 aliphatic heterocycles. The van der Waals surface area contributed by atoms with Gasteiger partial charge < -0.3 is 14.8 Å². The molecule has 2 aromatic rings. The Kier molecular flexibility index (Phi) is 5.46. The monoisotopic (exact) mass is 383 g/mol. The number of nitrogens with two attached hydrogens (primary N) is 1. The average molecular weight is 384 g/mol. The molecule has 2 aromatic heterocycles. The molecule has 0 aromatic carbocycles. The van der Waals surface area contributed by atoms with Crippen molar-refractivity contribution in [3.8, 4) is 0 Å². The van der Waals surface area contributed by atoms with Gasteiger partial charge in [0.1, 0.15) is 5.52 Å². The van der Waals surface area contributed by atoms with Gasteiger partial charge in [0.05, 0.1) is 19.0 Å². The zero-order chi connectivity index (χ0) is 18.0. The summed E-state index contributed by atoms with van der Waals surface area (Å²) >= 11 is 6.08. The summed E-state index contributed by atoms with van der Waals surface area (Å²) in [7, 11) is -2.43. The lowest BCUT2D eigenvalue weighted by molar-refractivity contribution is 0.286. The lowest BCUT2D eigenvalue weighted by Crippen LogP contribution is -2.08. The highest BCUT2D eigenvalue weighted by molar-refractivity contribution is 7.58. The average Bonchev–Trinajstić information content (AvgIpc) is 3.21. The van der Waals surface area contributed by atoms with Crippen LogP contribution in [0.3, 0.4) is 0 Å². The number of hydrogen-bond acceptors (Lipinski definition) is 6. The lowest BCUT2D eigenvalue weighted by atomic mass is 10.0. The molecule has 1 aliphatic carbocycles. The molecule has 3 rings (SSSR count). The van der Waals surface area contributed by atoms with Crippen LogP contribution in [0.25, 0.3) is 11.2 Å². The fourth-order valence-electron chi connectivity index (χ4n) is 3.09. The molecular weight excluding hydrogens is 361 g/mol. The first kappa shape index (κ1) is 18.4. The second-order valence-corrected chi connectivity index (χ2v) is 9.72. The number of rotatable bonds is 7. The van der Waals surface area contributed by atoms with Crippen molar-refractivity contribution in [2.75, 3.05) is 24.7 Å². The van der Waals surface area contributed by atoms with Gasteiger partial charge in [-0.1, -0.05) is 37.6 Å². The molecule has 0 amide bonds. The molecule has 0 saturated carbocycles. The van der Waals surface area contributed by atoms with E-state index < -0.39 is 7.37 Å². The van der Waals surface area contributed by atoms with Crippen LogP contribution in [-0.2, 0) is 9.09 Å². The minimum atomic E-state index is -2.43. The molecule has 136 valence electrons. The largest absolute Gasteiger partial charge is 0.368 e. The van der Waals surface area contributed by atoms with Gasteiger partial charge in [0, 0.05) is 12.3 Å². The van der Waals surface area contributed by atoms with Crippen LogP contribution in [0.4, 0.5) is 5.95 Å². The fourth-order valence-corrected chi connectivity index (χ4v) is 4.56. The minimum absolute atomic E-state index is 0.140. The Morgan fingerprint density at radius 1 is 1.36 bits per heavy atom. The molecule has 1 aliphatic rings. The van der Waals surface area contributed by atoms with Crippen LogP contribution >= 0.6 is 19.0 Å². The van der Waals surface area contributed by atoms with Crippen LogP contribution in [-0.4, -0.2) is 38.4 Å². The van der Waals surface area contributed by atoms with Crippen molar-refractivity contribution in [3.05, 3.63) is 23.6 Å². The van der Waals surface area contributed by atoms with E-state index in [0.29, 0.717) is 36.0 Å². The summed E-state index contributed by atoms with van der Waals surface area (Å²) in [6, 6.07) is 0.143. The van der Waals surface area contributed by atoms with Crippen molar-refractivity contribution < 1.29 is 9.09 Å². The SMILES string of the molecule is CCP(=O)(CC)OCCC1C=CC(n2cnc3c(Cl)nc(N)nc32)C1. The molecule has 25 heavy (non-hydrogen) atoms. The Morgan fingerprint density at radius 2 is 2.12 bits per heavy atom. The molecule has 2 atom stereocenters. The third-order valence-electron chi connectivity index (χ3n) is 4.68. The Labute approximate surface area is 152 Å². The van der Waals surface area contributed by atoms with Crippen LogP contribution in [0.2, 0.25) is 5.15 Å². The maximum absolute atomic E-state index is 12.3. The van der Waals surface area contributed by atoms with Crippen molar-refractivity contribution in [2.24, 2.45) is 5.92 Å². The smallest absolute Gasteiger partial charge is 0.223 e. The van der Waals surface area contributed by atoms with Crippen molar-refractivity contribution >= 4 is 36.1 Å². The third kappa shape index (κ3) is 3.89. The van der Waals surface area contributed by atoms with E-state index in [2.05, 4.69) is 27.1 Å². The van der Waals surface area contributed by atoms with Gasteiger partial charge >= 0.3 is 0 Å². The minimum Gasteiger partial charge on any atom is -0.368 e. The molecule has 2 unspecified atom stereocenters. The maximum Gasteiger partial charge on any atom is 0.223 e. The lowest BCUT2D eigenvalue weighted by Gasteiger charge is -2.17. The predicted molar refractivity (Wildman–Crippen MR) is 100 cm³/mol. The van der Waals surface area contributed by atoms with E-state index in [0.717, 1.165) is 12.8 Å². The Balaban J connectivity index is 1.64. The van der Waals surface area contributed by atoms with Gasteiger partial charge in [0.25, 0.3) is 0 Å². The summed E-state index contributed by atoms with van der Waals surface area (Å²) in [4.78, 5) is 12.5. The first-order valence-corrected chi connectivity index (χ1v) is 10.9. The number of imidazole rings is 1. The topological polar surface area (TPSA) is 95.9 Å². The highest BCUT2D eigenvalue weighted by Gasteiger charge is 2.24. The normalized spacial score (nSPS) is 20.6. The molecule has 0 bridgehead atoms. The van der Waals surface area contributed by atoms with Gasteiger partial charge in [-0.25, -0.2) is 4.98 Å². The first-order valence-electron chi connectivity index (χ1n) is 8.52. The van der Waals surface area contributed by atoms with E-state index in [1.807, 2.05) is 18.4 Å². The van der Waals surface area contributed by atoms with Crippen LogP contribution in [0, 0.1) is 5.92 Å². The summed E-state index contributed by atoms with van der Waals surface area (Å²) in [6.45, 7) is 4.35.